The van der Waals surface area contributed by atoms with Crippen LogP contribution >= 0.6 is 0 Å². The summed E-state index contributed by atoms with van der Waals surface area (Å²) in [6.45, 7) is 0. The van der Waals surface area contributed by atoms with Crippen LogP contribution in [0.4, 0.5) is 0 Å². The molecule has 0 aliphatic carbocycles. The second kappa shape index (κ2) is 5.59. The first-order chi connectivity index (χ1) is 8.43. The largest absolute Gasteiger partial charge is 0.504 e. The van der Waals surface area contributed by atoms with Gasteiger partial charge in [-0.25, -0.2) is 4.79 Å². The Morgan fingerprint density at radius 3 is 2.50 bits per heavy atom. The Morgan fingerprint density at radius 2 is 2.00 bits per heavy atom. The number of aromatic hydroxyl groups is 2. The van der Waals surface area contributed by atoms with Gasteiger partial charge in [-0.15, -0.1) is 6.42 Å². The van der Waals surface area contributed by atoms with Gasteiger partial charge in [0.2, 0.25) is 0 Å². The van der Waals surface area contributed by atoms with E-state index in [0.717, 1.165) is 0 Å². The lowest BCUT2D eigenvalue weighted by molar-refractivity contribution is -0.141. The maximum atomic E-state index is 10.9. The number of terminal acetylenes is 1. The summed E-state index contributed by atoms with van der Waals surface area (Å²) in [6.07, 6.45) is 4.77. The molecule has 1 rings (SSSR count). The molecule has 0 radical (unpaired) electrons. The normalized spacial score (nSPS) is 11.3. The molecular formula is C12H11NO5. The SMILES string of the molecule is C#CC(=O)N[C@@H](Cc1ccc(O)c(O)c1)C(=O)O. The van der Waals surface area contributed by atoms with Gasteiger partial charge in [-0.05, 0) is 23.6 Å². The number of carbonyl (C=O) groups excluding carboxylic acids is 1. The lowest BCUT2D eigenvalue weighted by Crippen LogP contribution is -2.41. The molecule has 94 valence electrons. The molecule has 6 nitrogen and oxygen atoms in total. The van der Waals surface area contributed by atoms with Gasteiger partial charge in [-0.3, -0.25) is 4.79 Å². The highest BCUT2D eigenvalue weighted by Crippen LogP contribution is 2.25. The number of carboxylic acids is 1. The molecule has 1 aromatic carbocycles. The molecule has 0 unspecified atom stereocenters. The van der Waals surface area contributed by atoms with Gasteiger partial charge in [0, 0.05) is 6.42 Å². The molecular weight excluding hydrogens is 238 g/mol. The Balaban J connectivity index is 2.84. The van der Waals surface area contributed by atoms with Crippen molar-refractivity contribution in [2.45, 2.75) is 12.5 Å². The van der Waals surface area contributed by atoms with Crippen LogP contribution in [0.25, 0.3) is 0 Å². The van der Waals surface area contributed by atoms with Crippen molar-refractivity contribution in [3.63, 3.8) is 0 Å². The van der Waals surface area contributed by atoms with Crippen LogP contribution in [0.1, 0.15) is 5.56 Å². The van der Waals surface area contributed by atoms with Crippen LogP contribution in [0.3, 0.4) is 0 Å². The van der Waals surface area contributed by atoms with Gasteiger partial charge >= 0.3 is 5.97 Å². The average molecular weight is 249 g/mol. The summed E-state index contributed by atoms with van der Waals surface area (Å²) in [7, 11) is 0. The number of hydrogen-bond acceptors (Lipinski definition) is 4. The summed E-state index contributed by atoms with van der Waals surface area (Å²) in [6, 6.07) is 2.69. The maximum absolute atomic E-state index is 10.9. The van der Waals surface area contributed by atoms with E-state index in [9.17, 15) is 14.7 Å². The summed E-state index contributed by atoms with van der Waals surface area (Å²) >= 11 is 0. The predicted octanol–water partition coefficient (Wildman–Crippen LogP) is -0.157. The quantitative estimate of drug-likeness (QED) is 0.438. The first-order valence-electron chi connectivity index (χ1n) is 4.94. The number of nitrogens with one attached hydrogen (secondary N) is 1. The van der Waals surface area contributed by atoms with E-state index >= 15 is 0 Å². The number of rotatable bonds is 4. The topological polar surface area (TPSA) is 107 Å². The second-order valence-corrected chi connectivity index (χ2v) is 3.54. The van der Waals surface area contributed by atoms with Gasteiger partial charge in [-0.2, -0.15) is 0 Å². The third-order valence-electron chi connectivity index (χ3n) is 2.21. The van der Waals surface area contributed by atoms with Crippen LogP contribution < -0.4 is 5.32 Å². The Kier molecular flexibility index (Phi) is 4.16. The first-order valence-corrected chi connectivity index (χ1v) is 4.94. The van der Waals surface area contributed by atoms with E-state index in [1.54, 1.807) is 5.92 Å². The third kappa shape index (κ3) is 3.42. The fourth-order valence-corrected chi connectivity index (χ4v) is 1.33. The fraction of sp³-hybridized carbons (Fsp3) is 0.167. The summed E-state index contributed by atoms with van der Waals surface area (Å²) in [5.41, 5.74) is 0.440. The Labute approximate surface area is 103 Å². The van der Waals surface area contributed by atoms with Crippen molar-refractivity contribution in [1.29, 1.82) is 0 Å². The number of phenols is 2. The summed E-state index contributed by atoms with van der Waals surface area (Å²) < 4.78 is 0. The first kappa shape index (κ1) is 13.4. The van der Waals surface area contributed by atoms with Gasteiger partial charge in [-0.1, -0.05) is 6.07 Å². The molecule has 4 N–H and O–H groups in total. The molecule has 0 spiro atoms. The van der Waals surface area contributed by atoms with Crippen molar-refractivity contribution < 1.29 is 24.9 Å². The standard InChI is InChI=1S/C12H11NO5/c1-2-11(16)13-8(12(17)18)5-7-3-4-9(14)10(15)6-7/h1,3-4,6,8,14-15H,5H2,(H,13,16)(H,17,18)/t8-/m0/s1. The van der Waals surface area contributed by atoms with E-state index < -0.39 is 17.9 Å². The van der Waals surface area contributed by atoms with E-state index in [2.05, 4.69) is 5.32 Å². The van der Waals surface area contributed by atoms with Crippen molar-refractivity contribution in [1.82, 2.24) is 5.32 Å². The summed E-state index contributed by atoms with van der Waals surface area (Å²) in [4.78, 5) is 21.8. The predicted molar refractivity (Wildman–Crippen MR) is 61.9 cm³/mol. The summed E-state index contributed by atoms with van der Waals surface area (Å²) in [5.74, 6) is -0.987. The van der Waals surface area contributed by atoms with Gasteiger partial charge in [0.1, 0.15) is 6.04 Å². The van der Waals surface area contributed by atoms with Crippen LogP contribution in [-0.2, 0) is 16.0 Å². The number of phenolic OH excluding ortho intramolecular Hbond substituents is 2. The van der Waals surface area contributed by atoms with E-state index in [4.69, 9.17) is 16.6 Å². The minimum Gasteiger partial charge on any atom is -0.504 e. The smallest absolute Gasteiger partial charge is 0.326 e. The Bertz CT molecular complexity index is 518. The van der Waals surface area contributed by atoms with Crippen molar-refractivity contribution in [3.8, 4) is 23.8 Å². The monoisotopic (exact) mass is 249 g/mol. The molecule has 0 aliphatic heterocycles. The van der Waals surface area contributed by atoms with Crippen LogP contribution in [0.2, 0.25) is 0 Å². The van der Waals surface area contributed by atoms with Crippen molar-refractivity contribution >= 4 is 11.9 Å². The summed E-state index contributed by atoms with van der Waals surface area (Å²) in [5, 5.41) is 29.4. The van der Waals surface area contributed by atoms with E-state index in [1.807, 2.05) is 0 Å². The molecule has 1 atom stereocenters. The van der Waals surface area contributed by atoms with Crippen molar-refractivity contribution in [2.75, 3.05) is 0 Å². The molecule has 0 saturated heterocycles. The fourth-order valence-electron chi connectivity index (χ4n) is 1.33. The minimum absolute atomic E-state index is 0.0589. The van der Waals surface area contributed by atoms with E-state index in [-0.39, 0.29) is 17.9 Å². The van der Waals surface area contributed by atoms with Crippen molar-refractivity contribution in [3.05, 3.63) is 23.8 Å². The zero-order valence-electron chi connectivity index (χ0n) is 9.25. The van der Waals surface area contributed by atoms with Gasteiger partial charge in [0.15, 0.2) is 11.5 Å². The lowest BCUT2D eigenvalue weighted by atomic mass is 10.1. The van der Waals surface area contributed by atoms with Gasteiger partial charge < -0.3 is 20.6 Å². The zero-order chi connectivity index (χ0) is 13.7. The minimum atomic E-state index is -1.24. The Morgan fingerprint density at radius 1 is 1.33 bits per heavy atom. The highest BCUT2D eigenvalue weighted by molar-refractivity contribution is 5.95. The van der Waals surface area contributed by atoms with Gasteiger partial charge in [0.25, 0.3) is 5.91 Å². The lowest BCUT2D eigenvalue weighted by Gasteiger charge is -2.13. The van der Waals surface area contributed by atoms with Crippen LogP contribution in [0.15, 0.2) is 18.2 Å². The number of benzene rings is 1. The molecule has 0 aliphatic rings. The van der Waals surface area contributed by atoms with Crippen LogP contribution in [0.5, 0.6) is 11.5 Å². The highest BCUT2D eigenvalue weighted by atomic mass is 16.4. The average Bonchev–Trinajstić information content (AvgIpc) is 2.32. The molecule has 1 aromatic rings. The van der Waals surface area contributed by atoms with Crippen LogP contribution in [0, 0.1) is 12.3 Å². The molecule has 0 bridgehead atoms. The molecule has 0 aromatic heterocycles. The number of carbonyl (C=O) groups is 2. The van der Waals surface area contributed by atoms with Crippen molar-refractivity contribution in [2.24, 2.45) is 0 Å². The molecule has 6 heteroatoms. The molecule has 0 fully saturated rings. The second-order valence-electron chi connectivity index (χ2n) is 3.54. The zero-order valence-corrected chi connectivity index (χ0v) is 9.25. The molecule has 18 heavy (non-hydrogen) atoms. The number of amides is 1. The number of carboxylic acid groups (broad SMARTS) is 1. The Hall–Kier alpha value is -2.68. The van der Waals surface area contributed by atoms with Gasteiger partial charge in [0.05, 0.1) is 0 Å². The maximum Gasteiger partial charge on any atom is 0.326 e. The van der Waals surface area contributed by atoms with E-state index in [0.29, 0.717) is 5.56 Å². The third-order valence-corrected chi connectivity index (χ3v) is 2.21. The molecule has 0 heterocycles. The number of hydrogen-bond donors (Lipinski definition) is 4. The molecule has 1 amide bonds. The molecule has 0 saturated carbocycles. The highest BCUT2D eigenvalue weighted by Gasteiger charge is 2.20. The van der Waals surface area contributed by atoms with Crippen LogP contribution in [-0.4, -0.2) is 33.2 Å². The number of aliphatic carboxylic acids is 1. The van der Waals surface area contributed by atoms with E-state index in [1.165, 1.54) is 18.2 Å².